The van der Waals surface area contributed by atoms with E-state index in [2.05, 4.69) is 44.5 Å². The fourth-order valence-electron chi connectivity index (χ4n) is 2.48. The maximum absolute atomic E-state index is 4.53. The molecule has 2 heterocycles. The highest BCUT2D eigenvalue weighted by atomic mass is 15.3. The fourth-order valence-corrected chi connectivity index (χ4v) is 2.48. The first-order valence-electron chi connectivity index (χ1n) is 7.22. The molecule has 1 aliphatic rings. The lowest BCUT2D eigenvalue weighted by molar-refractivity contribution is 0.724. The van der Waals surface area contributed by atoms with Crippen LogP contribution in [0.1, 0.15) is 17.5 Å². The third-order valence-electron chi connectivity index (χ3n) is 3.57. The molecule has 0 amide bonds. The fraction of sp³-hybridized carbons (Fsp3) is 0.375. The molecule has 0 unspecified atom stereocenters. The average molecular weight is 268 g/mol. The summed E-state index contributed by atoms with van der Waals surface area (Å²) < 4.78 is 0. The summed E-state index contributed by atoms with van der Waals surface area (Å²) in [7, 11) is 0. The van der Waals surface area contributed by atoms with Crippen LogP contribution in [0, 0.1) is 0 Å². The highest BCUT2D eigenvalue weighted by molar-refractivity contribution is 5.31. The van der Waals surface area contributed by atoms with E-state index in [0.29, 0.717) is 0 Å². The van der Waals surface area contributed by atoms with Crippen molar-refractivity contribution in [2.75, 3.05) is 31.1 Å². The first-order valence-corrected chi connectivity index (χ1v) is 7.22. The molecule has 0 radical (unpaired) electrons. The summed E-state index contributed by atoms with van der Waals surface area (Å²) in [5.74, 6) is 0.852. The Balaban J connectivity index is 1.67. The summed E-state index contributed by atoms with van der Waals surface area (Å²) in [5.41, 5.74) is 2.45. The first kappa shape index (κ1) is 13.1. The number of anilines is 1. The Bertz CT molecular complexity index is 516. The van der Waals surface area contributed by atoms with Crippen LogP contribution in [0.4, 0.5) is 5.95 Å². The molecule has 0 bridgehead atoms. The Morgan fingerprint density at radius 3 is 2.55 bits per heavy atom. The quantitative estimate of drug-likeness (QED) is 0.922. The Kier molecular flexibility index (Phi) is 4.23. The smallest absolute Gasteiger partial charge is 0.225 e. The van der Waals surface area contributed by atoms with E-state index in [9.17, 15) is 0 Å². The first-order chi connectivity index (χ1) is 9.92. The Morgan fingerprint density at radius 2 is 1.75 bits per heavy atom. The lowest BCUT2D eigenvalue weighted by Gasteiger charge is -2.19. The van der Waals surface area contributed by atoms with E-state index in [1.807, 2.05) is 18.5 Å². The van der Waals surface area contributed by atoms with Crippen LogP contribution in [0.25, 0.3) is 0 Å². The van der Waals surface area contributed by atoms with Crippen molar-refractivity contribution in [3.63, 3.8) is 0 Å². The lowest BCUT2D eigenvalue weighted by Crippen LogP contribution is -2.29. The minimum absolute atomic E-state index is 0.852. The summed E-state index contributed by atoms with van der Waals surface area (Å²) in [6.07, 6.45) is 5.94. The minimum atomic E-state index is 0.852. The SMILES string of the molecule is c1ccc(Cc2cnc(N3CCCNCC3)nc2)cc1. The molecule has 0 aliphatic carbocycles. The van der Waals surface area contributed by atoms with Crippen molar-refractivity contribution >= 4 is 5.95 Å². The van der Waals surface area contributed by atoms with Crippen LogP contribution in [0.15, 0.2) is 42.7 Å². The van der Waals surface area contributed by atoms with Gasteiger partial charge >= 0.3 is 0 Å². The summed E-state index contributed by atoms with van der Waals surface area (Å²) in [5, 5.41) is 3.39. The molecule has 1 aromatic carbocycles. The Hall–Kier alpha value is -1.94. The Labute approximate surface area is 119 Å². The lowest BCUT2D eigenvalue weighted by atomic mass is 10.1. The van der Waals surface area contributed by atoms with Crippen LogP contribution in [-0.2, 0) is 6.42 Å². The summed E-state index contributed by atoms with van der Waals surface area (Å²) >= 11 is 0. The molecule has 1 fully saturated rings. The topological polar surface area (TPSA) is 41.1 Å². The molecule has 1 aliphatic heterocycles. The zero-order valence-corrected chi connectivity index (χ0v) is 11.6. The second-order valence-corrected chi connectivity index (χ2v) is 5.14. The van der Waals surface area contributed by atoms with Crippen molar-refractivity contribution in [1.29, 1.82) is 0 Å². The van der Waals surface area contributed by atoms with E-state index < -0.39 is 0 Å². The van der Waals surface area contributed by atoms with Crippen molar-refractivity contribution in [2.24, 2.45) is 0 Å². The number of rotatable bonds is 3. The monoisotopic (exact) mass is 268 g/mol. The van der Waals surface area contributed by atoms with Crippen molar-refractivity contribution in [1.82, 2.24) is 15.3 Å². The third kappa shape index (κ3) is 3.33. The summed E-state index contributed by atoms with van der Waals surface area (Å²) in [4.78, 5) is 11.3. The van der Waals surface area contributed by atoms with E-state index in [1.165, 1.54) is 5.56 Å². The van der Waals surface area contributed by atoms with Gasteiger partial charge in [-0.2, -0.15) is 0 Å². The predicted molar refractivity (Wildman–Crippen MR) is 81.0 cm³/mol. The Morgan fingerprint density at radius 1 is 0.950 bits per heavy atom. The second-order valence-electron chi connectivity index (χ2n) is 5.14. The zero-order valence-electron chi connectivity index (χ0n) is 11.6. The van der Waals surface area contributed by atoms with Crippen molar-refractivity contribution in [3.8, 4) is 0 Å². The molecule has 4 heteroatoms. The van der Waals surface area contributed by atoms with Gasteiger partial charge in [-0.3, -0.25) is 0 Å². The molecule has 0 saturated carbocycles. The van der Waals surface area contributed by atoms with Crippen LogP contribution in [-0.4, -0.2) is 36.1 Å². The number of aromatic nitrogens is 2. The second kappa shape index (κ2) is 6.48. The molecule has 20 heavy (non-hydrogen) atoms. The van der Waals surface area contributed by atoms with E-state index in [4.69, 9.17) is 0 Å². The van der Waals surface area contributed by atoms with Crippen LogP contribution < -0.4 is 10.2 Å². The zero-order chi connectivity index (χ0) is 13.6. The van der Waals surface area contributed by atoms with Crippen LogP contribution in [0.3, 0.4) is 0 Å². The molecule has 1 N–H and O–H groups in total. The van der Waals surface area contributed by atoms with Crippen molar-refractivity contribution in [2.45, 2.75) is 12.8 Å². The molecule has 0 atom stereocenters. The van der Waals surface area contributed by atoms with Gasteiger partial charge in [-0.25, -0.2) is 9.97 Å². The van der Waals surface area contributed by atoms with Crippen molar-refractivity contribution < 1.29 is 0 Å². The molecular weight excluding hydrogens is 248 g/mol. The van der Waals surface area contributed by atoms with Gasteiger partial charge < -0.3 is 10.2 Å². The molecular formula is C16H20N4. The van der Waals surface area contributed by atoms with Crippen LogP contribution in [0.2, 0.25) is 0 Å². The van der Waals surface area contributed by atoms with Gasteiger partial charge in [0, 0.05) is 38.4 Å². The highest BCUT2D eigenvalue weighted by Crippen LogP contribution is 2.11. The van der Waals surface area contributed by atoms with Gasteiger partial charge in [-0.15, -0.1) is 0 Å². The van der Waals surface area contributed by atoms with E-state index in [1.54, 1.807) is 0 Å². The minimum Gasteiger partial charge on any atom is -0.340 e. The van der Waals surface area contributed by atoms with Crippen LogP contribution in [0.5, 0.6) is 0 Å². The van der Waals surface area contributed by atoms with Gasteiger partial charge in [0.1, 0.15) is 0 Å². The van der Waals surface area contributed by atoms with Gasteiger partial charge in [0.2, 0.25) is 5.95 Å². The number of hydrogen-bond acceptors (Lipinski definition) is 4. The van der Waals surface area contributed by atoms with Crippen molar-refractivity contribution in [3.05, 3.63) is 53.9 Å². The summed E-state index contributed by atoms with van der Waals surface area (Å²) in [6.45, 7) is 4.11. The number of hydrogen-bond donors (Lipinski definition) is 1. The van der Waals surface area contributed by atoms with Gasteiger partial charge in [-0.05, 0) is 24.1 Å². The highest BCUT2D eigenvalue weighted by Gasteiger charge is 2.11. The molecule has 0 spiro atoms. The predicted octanol–water partition coefficient (Wildman–Crippen LogP) is 1.87. The maximum Gasteiger partial charge on any atom is 0.225 e. The van der Waals surface area contributed by atoms with Crippen LogP contribution >= 0.6 is 0 Å². The normalized spacial score (nSPS) is 15.9. The number of nitrogens with zero attached hydrogens (tertiary/aromatic N) is 3. The molecule has 1 saturated heterocycles. The number of nitrogens with one attached hydrogen (secondary N) is 1. The van der Waals surface area contributed by atoms with Gasteiger partial charge in [0.05, 0.1) is 0 Å². The van der Waals surface area contributed by atoms with Gasteiger partial charge in [-0.1, -0.05) is 30.3 Å². The van der Waals surface area contributed by atoms with E-state index >= 15 is 0 Å². The van der Waals surface area contributed by atoms with E-state index in [0.717, 1.165) is 50.5 Å². The standard InChI is InChI=1S/C16H20N4/c1-2-5-14(6-3-1)11-15-12-18-16(19-13-15)20-9-4-7-17-8-10-20/h1-3,5-6,12-13,17H,4,7-11H2. The third-order valence-corrected chi connectivity index (χ3v) is 3.57. The molecule has 4 nitrogen and oxygen atoms in total. The molecule has 3 rings (SSSR count). The maximum atomic E-state index is 4.53. The molecule has 2 aromatic rings. The number of benzene rings is 1. The summed E-state index contributed by atoms with van der Waals surface area (Å²) in [6, 6.07) is 10.4. The largest absolute Gasteiger partial charge is 0.340 e. The molecule has 1 aromatic heterocycles. The average Bonchev–Trinajstić information content (AvgIpc) is 2.78. The van der Waals surface area contributed by atoms with Gasteiger partial charge in [0.25, 0.3) is 0 Å². The van der Waals surface area contributed by atoms with Gasteiger partial charge in [0.15, 0.2) is 0 Å². The van der Waals surface area contributed by atoms with E-state index in [-0.39, 0.29) is 0 Å². The molecule has 104 valence electrons.